The van der Waals surface area contributed by atoms with Crippen molar-refractivity contribution in [2.24, 2.45) is 5.73 Å². The van der Waals surface area contributed by atoms with Crippen LogP contribution in [0.4, 0.5) is 0 Å². The fourth-order valence-electron chi connectivity index (χ4n) is 2.83. The maximum Gasteiger partial charge on any atom is 0.294 e. The van der Waals surface area contributed by atoms with Crippen molar-refractivity contribution in [1.29, 1.82) is 0 Å². The summed E-state index contributed by atoms with van der Waals surface area (Å²) in [4.78, 5) is 0.223. The quantitative estimate of drug-likeness (QED) is 0.342. The molecule has 3 rings (SSSR count). The molecule has 8 heteroatoms. The van der Waals surface area contributed by atoms with Gasteiger partial charge in [-0.2, -0.15) is 8.42 Å². The molecule has 180 valence electrons. The molecule has 0 aliphatic heterocycles. The molecule has 3 aromatic carbocycles. The van der Waals surface area contributed by atoms with Gasteiger partial charge in [0.2, 0.25) is 0 Å². The summed E-state index contributed by atoms with van der Waals surface area (Å²) in [7, 11) is -7.41. The highest BCUT2D eigenvalue weighted by atomic mass is 32.2. The Hall–Kier alpha value is -3.04. The Morgan fingerprint density at radius 1 is 0.794 bits per heavy atom. The van der Waals surface area contributed by atoms with E-state index >= 15 is 0 Å². The van der Waals surface area contributed by atoms with Gasteiger partial charge < -0.3 is 5.73 Å². The zero-order chi connectivity index (χ0) is 25.0. The molecule has 0 bridgehead atoms. The van der Waals surface area contributed by atoms with Crippen LogP contribution in [0.15, 0.2) is 118 Å². The van der Waals surface area contributed by atoms with Gasteiger partial charge in [0.1, 0.15) is 0 Å². The van der Waals surface area contributed by atoms with Crippen LogP contribution in [0.2, 0.25) is 0 Å². The highest BCUT2D eigenvalue weighted by Gasteiger charge is 2.08. The fraction of sp³-hybridized carbons (Fsp3) is 0.154. The number of hydrogen-bond acceptors (Lipinski definition) is 5. The van der Waals surface area contributed by atoms with E-state index in [1.165, 1.54) is 29.2 Å². The molecule has 0 radical (unpaired) electrons. The van der Waals surface area contributed by atoms with Crippen molar-refractivity contribution in [1.82, 2.24) is 0 Å². The average molecular weight is 500 g/mol. The Labute approximate surface area is 202 Å². The monoisotopic (exact) mass is 499 g/mol. The first-order valence-corrected chi connectivity index (χ1v) is 13.6. The van der Waals surface area contributed by atoms with Crippen molar-refractivity contribution < 1.29 is 21.4 Å². The van der Waals surface area contributed by atoms with Gasteiger partial charge in [0, 0.05) is 11.4 Å². The first-order chi connectivity index (χ1) is 16.1. The van der Waals surface area contributed by atoms with Crippen molar-refractivity contribution in [3.8, 4) is 0 Å². The summed E-state index contributed by atoms with van der Waals surface area (Å²) in [5.74, 6) is 0. The van der Waals surface area contributed by atoms with Crippen molar-refractivity contribution in [2.45, 2.75) is 35.6 Å². The Kier molecular flexibility index (Phi) is 10.4. The topological polar surface area (TPSA) is 115 Å². The first kappa shape index (κ1) is 27.2. The van der Waals surface area contributed by atoms with Crippen LogP contribution < -0.4 is 5.73 Å². The van der Waals surface area contributed by atoms with Gasteiger partial charge in [0.05, 0.1) is 9.79 Å². The van der Waals surface area contributed by atoms with Crippen molar-refractivity contribution in [3.05, 3.63) is 120 Å². The van der Waals surface area contributed by atoms with Crippen LogP contribution in [0.3, 0.4) is 0 Å². The SMILES string of the molecule is Cc1ccc(S(=O)(=O)O)cc1.N[C@H](C=CC=CS(=O)(=O)c1ccccc1)CCc1ccccc1. The van der Waals surface area contributed by atoms with Crippen LogP contribution in [0, 0.1) is 6.92 Å². The van der Waals surface area contributed by atoms with E-state index in [9.17, 15) is 16.8 Å². The van der Waals surface area contributed by atoms with Gasteiger partial charge in [-0.05, 0) is 49.6 Å². The van der Waals surface area contributed by atoms with E-state index in [0.29, 0.717) is 0 Å². The van der Waals surface area contributed by atoms with E-state index in [2.05, 4.69) is 12.1 Å². The standard InChI is InChI=1S/C19H21NO2S.C7H8O3S/c20-18(15-14-17-9-3-1-4-10-17)11-7-8-16-23(21,22)19-12-5-2-6-13-19;1-6-2-4-7(5-3-6)11(8,9)10/h1-13,16,18H,14-15,20H2;2-5H,1H3,(H,8,9,10)/t18-;/m1./s1. The Balaban J connectivity index is 0.000000310. The molecule has 1 atom stereocenters. The predicted octanol–water partition coefficient (Wildman–Crippen LogP) is 4.73. The lowest BCUT2D eigenvalue weighted by molar-refractivity contribution is 0.483. The Morgan fingerprint density at radius 3 is 1.91 bits per heavy atom. The van der Waals surface area contributed by atoms with E-state index in [-0.39, 0.29) is 15.8 Å². The predicted molar refractivity (Wildman–Crippen MR) is 136 cm³/mol. The molecular formula is C26H29NO5S2. The maximum atomic E-state index is 12.0. The largest absolute Gasteiger partial charge is 0.324 e. The third kappa shape index (κ3) is 9.84. The zero-order valence-corrected chi connectivity index (χ0v) is 20.5. The maximum absolute atomic E-state index is 12.0. The molecule has 6 nitrogen and oxygen atoms in total. The van der Waals surface area contributed by atoms with Crippen LogP contribution in [0.25, 0.3) is 0 Å². The normalized spacial score (nSPS) is 12.9. The molecule has 0 fully saturated rings. The molecule has 0 heterocycles. The molecule has 0 saturated carbocycles. The number of hydrogen-bond donors (Lipinski definition) is 2. The Bertz CT molecular complexity index is 1280. The Morgan fingerprint density at radius 2 is 1.35 bits per heavy atom. The van der Waals surface area contributed by atoms with Gasteiger partial charge in [0.15, 0.2) is 9.84 Å². The van der Waals surface area contributed by atoms with E-state index in [1.54, 1.807) is 48.5 Å². The molecule has 0 aromatic heterocycles. The van der Waals surface area contributed by atoms with Crippen LogP contribution in [0.5, 0.6) is 0 Å². The van der Waals surface area contributed by atoms with Crippen LogP contribution >= 0.6 is 0 Å². The molecule has 3 N–H and O–H groups in total. The van der Waals surface area contributed by atoms with Gasteiger partial charge in [0.25, 0.3) is 10.1 Å². The van der Waals surface area contributed by atoms with E-state index < -0.39 is 20.0 Å². The molecule has 3 aromatic rings. The van der Waals surface area contributed by atoms with Crippen LogP contribution in [0.1, 0.15) is 17.5 Å². The lowest BCUT2D eigenvalue weighted by Gasteiger charge is -2.05. The summed E-state index contributed by atoms with van der Waals surface area (Å²) in [5, 5.41) is 1.20. The molecule has 0 unspecified atom stereocenters. The number of rotatable bonds is 8. The van der Waals surface area contributed by atoms with Gasteiger partial charge in [-0.1, -0.05) is 84.5 Å². The number of nitrogens with two attached hydrogens (primary N) is 1. The van der Waals surface area contributed by atoms with Gasteiger partial charge >= 0.3 is 0 Å². The zero-order valence-electron chi connectivity index (χ0n) is 18.9. The first-order valence-electron chi connectivity index (χ1n) is 10.6. The number of aryl methyl sites for hydroxylation is 2. The second kappa shape index (κ2) is 13.0. The molecule has 0 spiro atoms. The van der Waals surface area contributed by atoms with E-state index in [1.807, 2.05) is 31.2 Å². The van der Waals surface area contributed by atoms with Gasteiger partial charge in [-0.25, -0.2) is 8.42 Å². The third-order valence-electron chi connectivity index (χ3n) is 4.73. The minimum atomic E-state index is -4.02. The highest BCUT2D eigenvalue weighted by molar-refractivity contribution is 7.94. The smallest absolute Gasteiger partial charge is 0.294 e. The fourth-order valence-corrected chi connectivity index (χ4v) is 4.30. The number of allylic oxidation sites excluding steroid dienone is 2. The molecule has 0 amide bonds. The second-order valence-corrected chi connectivity index (χ2v) is 10.8. The molecule has 0 aliphatic carbocycles. The van der Waals surface area contributed by atoms with E-state index in [4.69, 9.17) is 10.3 Å². The lowest BCUT2D eigenvalue weighted by Crippen LogP contribution is -2.17. The highest BCUT2D eigenvalue weighted by Crippen LogP contribution is 2.11. The minimum Gasteiger partial charge on any atom is -0.324 e. The molecular weight excluding hydrogens is 470 g/mol. The summed E-state index contributed by atoms with van der Waals surface area (Å²) in [6.07, 6.45) is 6.75. The number of benzene rings is 3. The van der Waals surface area contributed by atoms with Gasteiger partial charge in [-0.3, -0.25) is 4.55 Å². The van der Waals surface area contributed by atoms with E-state index in [0.717, 1.165) is 18.4 Å². The lowest BCUT2D eigenvalue weighted by atomic mass is 10.1. The minimum absolute atomic E-state index is 0.0666. The molecule has 34 heavy (non-hydrogen) atoms. The summed E-state index contributed by atoms with van der Waals surface area (Å²) in [6, 6.07) is 24.4. The molecule has 0 aliphatic rings. The number of sulfone groups is 1. The van der Waals surface area contributed by atoms with Gasteiger partial charge in [-0.15, -0.1) is 0 Å². The van der Waals surface area contributed by atoms with Crippen LogP contribution in [-0.4, -0.2) is 27.4 Å². The summed E-state index contributed by atoms with van der Waals surface area (Å²) in [5.41, 5.74) is 8.22. The summed E-state index contributed by atoms with van der Waals surface area (Å²) >= 11 is 0. The molecule has 0 saturated heterocycles. The van der Waals surface area contributed by atoms with Crippen molar-refractivity contribution in [2.75, 3.05) is 0 Å². The second-order valence-electron chi connectivity index (χ2n) is 7.55. The van der Waals surface area contributed by atoms with Crippen LogP contribution in [-0.2, 0) is 26.4 Å². The third-order valence-corrected chi connectivity index (χ3v) is 7.04. The summed E-state index contributed by atoms with van der Waals surface area (Å²) in [6.45, 7) is 1.84. The summed E-state index contributed by atoms with van der Waals surface area (Å²) < 4.78 is 53.6. The average Bonchev–Trinajstić information content (AvgIpc) is 2.82. The van der Waals surface area contributed by atoms with Crippen molar-refractivity contribution in [3.63, 3.8) is 0 Å². The van der Waals surface area contributed by atoms with Crippen molar-refractivity contribution >= 4 is 20.0 Å².